The highest BCUT2D eigenvalue weighted by Crippen LogP contribution is 2.26. The van der Waals surface area contributed by atoms with E-state index < -0.39 is 0 Å². The number of hydrogen-bond acceptors (Lipinski definition) is 3. The van der Waals surface area contributed by atoms with Gasteiger partial charge >= 0.3 is 0 Å². The van der Waals surface area contributed by atoms with Crippen molar-refractivity contribution in [2.24, 2.45) is 0 Å². The number of benzene rings is 1. The first-order valence-corrected chi connectivity index (χ1v) is 5.38. The molecule has 1 aromatic heterocycles. The fourth-order valence-corrected chi connectivity index (χ4v) is 1.87. The summed E-state index contributed by atoms with van der Waals surface area (Å²) in [6.45, 7) is 3.76. The van der Waals surface area contributed by atoms with Gasteiger partial charge in [-0.3, -0.25) is 0 Å². The molecule has 0 unspecified atom stereocenters. The van der Waals surface area contributed by atoms with Crippen LogP contribution in [-0.2, 0) is 0 Å². The zero-order valence-corrected chi connectivity index (χ0v) is 10.1. The highest BCUT2D eigenvalue weighted by molar-refractivity contribution is 5.66. The minimum atomic E-state index is -0.247. The average Bonchev–Trinajstić information content (AvgIpc) is 2.28. The van der Waals surface area contributed by atoms with Gasteiger partial charge in [-0.2, -0.15) is 0 Å². The fourth-order valence-electron chi connectivity index (χ4n) is 1.87. The van der Waals surface area contributed by atoms with Crippen molar-refractivity contribution in [2.75, 3.05) is 12.4 Å². The first-order chi connectivity index (χ1) is 8.11. The van der Waals surface area contributed by atoms with Crippen molar-refractivity contribution >= 4 is 5.82 Å². The van der Waals surface area contributed by atoms with Crippen LogP contribution in [0.15, 0.2) is 24.5 Å². The molecule has 0 amide bonds. The highest BCUT2D eigenvalue weighted by Gasteiger charge is 2.11. The molecule has 0 saturated carbocycles. The smallest absolute Gasteiger partial charge is 0.133 e. The van der Waals surface area contributed by atoms with Gasteiger partial charge in [-0.25, -0.2) is 14.4 Å². The topological polar surface area (TPSA) is 37.8 Å². The maximum atomic E-state index is 14.0. The Bertz CT molecular complexity index is 529. The van der Waals surface area contributed by atoms with E-state index in [9.17, 15) is 4.39 Å². The Morgan fingerprint density at radius 2 is 1.88 bits per heavy atom. The standard InChI is InChI=1S/C13H14FN3/c1-8-4-9(2)13(10(14)5-8)11-6-12(15-3)17-7-16-11/h4-7H,1-3H3,(H,15,16,17). The molecule has 17 heavy (non-hydrogen) atoms. The molecule has 0 aliphatic carbocycles. The molecule has 0 spiro atoms. The van der Waals surface area contributed by atoms with Crippen LogP contribution in [0.4, 0.5) is 10.2 Å². The molecule has 1 N–H and O–H groups in total. The van der Waals surface area contributed by atoms with Crippen LogP contribution in [0.5, 0.6) is 0 Å². The second-order valence-corrected chi connectivity index (χ2v) is 3.98. The predicted octanol–water partition coefficient (Wildman–Crippen LogP) is 2.94. The van der Waals surface area contributed by atoms with E-state index in [1.807, 2.05) is 19.9 Å². The quantitative estimate of drug-likeness (QED) is 0.863. The van der Waals surface area contributed by atoms with Gasteiger partial charge in [0.05, 0.1) is 5.69 Å². The summed E-state index contributed by atoms with van der Waals surface area (Å²) in [7, 11) is 1.77. The monoisotopic (exact) mass is 231 g/mol. The van der Waals surface area contributed by atoms with Crippen molar-refractivity contribution in [1.82, 2.24) is 9.97 Å². The van der Waals surface area contributed by atoms with Gasteiger partial charge in [-0.1, -0.05) is 6.07 Å². The van der Waals surface area contributed by atoms with Crippen LogP contribution in [0.1, 0.15) is 11.1 Å². The molecule has 0 radical (unpaired) electrons. The lowest BCUT2D eigenvalue weighted by Gasteiger charge is -2.09. The van der Waals surface area contributed by atoms with Crippen LogP contribution >= 0.6 is 0 Å². The zero-order valence-electron chi connectivity index (χ0n) is 10.1. The summed E-state index contributed by atoms with van der Waals surface area (Å²) in [5, 5.41) is 2.91. The van der Waals surface area contributed by atoms with E-state index in [2.05, 4.69) is 15.3 Å². The van der Waals surface area contributed by atoms with E-state index in [4.69, 9.17) is 0 Å². The summed E-state index contributed by atoms with van der Waals surface area (Å²) in [6.07, 6.45) is 1.43. The van der Waals surface area contributed by atoms with Crippen LogP contribution < -0.4 is 5.32 Å². The van der Waals surface area contributed by atoms with E-state index >= 15 is 0 Å². The van der Waals surface area contributed by atoms with Gasteiger partial charge in [0.1, 0.15) is 18.0 Å². The van der Waals surface area contributed by atoms with Crippen molar-refractivity contribution in [3.63, 3.8) is 0 Å². The fraction of sp³-hybridized carbons (Fsp3) is 0.231. The lowest BCUT2D eigenvalue weighted by Crippen LogP contribution is -1.97. The molecule has 0 atom stereocenters. The summed E-state index contributed by atoms with van der Waals surface area (Å²) >= 11 is 0. The second-order valence-electron chi connectivity index (χ2n) is 3.98. The van der Waals surface area contributed by atoms with Gasteiger partial charge in [0.2, 0.25) is 0 Å². The normalized spacial score (nSPS) is 10.4. The van der Waals surface area contributed by atoms with Gasteiger partial charge < -0.3 is 5.32 Å². The SMILES string of the molecule is CNc1cc(-c2c(C)cc(C)cc2F)ncn1. The Labute approximate surface area is 99.7 Å². The van der Waals surface area contributed by atoms with E-state index in [1.54, 1.807) is 13.1 Å². The third-order valence-corrected chi connectivity index (χ3v) is 2.61. The molecule has 0 bridgehead atoms. The van der Waals surface area contributed by atoms with E-state index in [1.165, 1.54) is 12.4 Å². The molecule has 0 aliphatic rings. The number of halogens is 1. The first kappa shape index (κ1) is 11.5. The molecular formula is C13H14FN3. The predicted molar refractivity (Wildman–Crippen MR) is 66.4 cm³/mol. The van der Waals surface area contributed by atoms with Gasteiger partial charge in [-0.05, 0) is 31.0 Å². The third kappa shape index (κ3) is 2.25. The van der Waals surface area contributed by atoms with Crippen LogP contribution in [0.3, 0.4) is 0 Å². The number of nitrogens with zero attached hydrogens (tertiary/aromatic N) is 2. The summed E-state index contributed by atoms with van der Waals surface area (Å²) in [5.41, 5.74) is 2.92. The first-order valence-electron chi connectivity index (χ1n) is 5.38. The molecule has 2 aromatic rings. The molecule has 4 heteroatoms. The number of nitrogens with one attached hydrogen (secondary N) is 1. The molecule has 2 rings (SSSR count). The third-order valence-electron chi connectivity index (χ3n) is 2.61. The van der Waals surface area contributed by atoms with Crippen molar-refractivity contribution in [3.05, 3.63) is 41.5 Å². The minimum Gasteiger partial charge on any atom is -0.373 e. The van der Waals surface area contributed by atoms with Crippen molar-refractivity contribution < 1.29 is 4.39 Å². The molecule has 3 nitrogen and oxygen atoms in total. The maximum absolute atomic E-state index is 14.0. The molecule has 88 valence electrons. The Balaban J connectivity index is 2.60. The van der Waals surface area contributed by atoms with Crippen molar-refractivity contribution in [1.29, 1.82) is 0 Å². The molecular weight excluding hydrogens is 217 g/mol. The van der Waals surface area contributed by atoms with Crippen molar-refractivity contribution in [2.45, 2.75) is 13.8 Å². The van der Waals surface area contributed by atoms with Crippen LogP contribution in [0.25, 0.3) is 11.3 Å². The van der Waals surface area contributed by atoms with Gasteiger partial charge in [0.25, 0.3) is 0 Å². The van der Waals surface area contributed by atoms with Gasteiger partial charge in [0.15, 0.2) is 0 Å². The second kappa shape index (κ2) is 4.49. The summed E-state index contributed by atoms with van der Waals surface area (Å²) in [6, 6.07) is 5.20. The Hall–Kier alpha value is -1.97. The van der Waals surface area contributed by atoms with Crippen molar-refractivity contribution in [3.8, 4) is 11.3 Å². The Morgan fingerprint density at radius 1 is 1.12 bits per heavy atom. The van der Waals surface area contributed by atoms with E-state index in [-0.39, 0.29) is 5.82 Å². The maximum Gasteiger partial charge on any atom is 0.133 e. The number of rotatable bonds is 2. The molecule has 0 saturated heterocycles. The number of anilines is 1. The van der Waals surface area contributed by atoms with Crippen LogP contribution in [0, 0.1) is 19.7 Å². The zero-order chi connectivity index (χ0) is 12.4. The molecule has 1 heterocycles. The summed E-state index contributed by atoms with van der Waals surface area (Å²) in [5.74, 6) is 0.428. The summed E-state index contributed by atoms with van der Waals surface area (Å²) in [4.78, 5) is 8.13. The Morgan fingerprint density at radius 3 is 2.53 bits per heavy atom. The number of aromatic nitrogens is 2. The largest absolute Gasteiger partial charge is 0.373 e. The average molecular weight is 231 g/mol. The Kier molecular flexibility index (Phi) is 3.04. The lowest BCUT2D eigenvalue weighted by molar-refractivity contribution is 0.628. The highest BCUT2D eigenvalue weighted by atomic mass is 19.1. The van der Waals surface area contributed by atoms with E-state index in [0.29, 0.717) is 17.1 Å². The van der Waals surface area contributed by atoms with E-state index in [0.717, 1.165) is 11.1 Å². The van der Waals surface area contributed by atoms with Crippen LogP contribution in [-0.4, -0.2) is 17.0 Å². The molecule has 1 aromatic carbocycles. The minimum absolute atomic E-state index is 0.247. The lowest BCUT2D eigenvalue weighted by atomic mass is 10.0. The number of aryl methyl sites for hydroxylation is 2. The number of hydrogen-bond donors (Lipinski definition) is 1. The molecule has 0 fully saturated rings. The van der Waals surface area contributed by atoms with Gasteiger partial charge in [0, 0.05) is 18.7 Å². The van der Waals surface area contributed by atoms with Gasteiger partial charge in [-0.15, -0.1) is 0 Å². The molecule has 0 aliphatic heterocycles. The van der Waals surface area contributed by atoms with Crippen LogP contribution in [0.2, 0.25) is 0 Å². The summed E-state index contributed by atoms with van der Waals surface area (Å²) < 4.78 is 14.0.